The molecule has 0 aromatic carbocycles. The lowest BCUT2D eigenvalue weighted by molar-refractivity contribution is -0.243. The van der Waals surface area contributed by atoms with Crippen molar-refractivity contribution in [2.45, 2.75) is 119 Å². The maximum atomic E-state index is 12.0. The van der Waals surface area contributed by atoms with Crippen molar-refractivity contribution in [2.24, 2.45) is 56.7 Å². The molecule has 0 bridgehead atoms. The summed E-state index contributed by atoms with van der Waals surface area (Å²) in [5.74, 6) is 2.20. The zero-order valence-corrected chi connectivity index (χ0v) is 22.5. The highest BCUT2D eigenvalue weighted by atomic mass is 16.3. The van der Waals surface area contributed by atoms with E-state index in [1.807, 2.05) is 0 Å². The predicted octanol–water partition coefficient (Wildman–Crippen LogP) is 5.97. The fraction of sp³-hybridized carbons (Fsp3) is 0.933. The molecule has 4 saturated carbocycles. The molecular formula is C30H50O3. The van der Waals surface area contributed by atoms with Crippen LogP contribution in [0.5, 0.6) is 0 Å². The Balaban J connectivity index is 1.67. The lowest BCUT2D eigenvalue weighted by Crippen LogP contribution is -2.70. The third-order valence-electron chi connectivity index (χ3n) is 13.3. The Kier molecular flexibility index (Phi) is 5.23. The van der Waals surface area contributed by atoms with E-state index < -0.39 is 6.10 Å². The quantitative estimate of drug-likeness (QED) is 0.392. The molecule has 33 heavy (non-hydrogen) atoms. The van der Waals surface area contributed by atoms with E-state index in [1.54, 1.807) is 0 Å². The first kappa shape index (κ1) is 24.3. The Labute approximate surface area is 202 Å². The molecule has 0 saturated heterocycles. The molecule has 12 unspecified atom stereocenters. The van der Waals surface area contributed by atoms with E-state index in [4.69, 9.17) is 0 Å². The average Bonchev–Trinajstić information content (AvgIpc) is 2.71. The van der Waals surface area contributed by atoms with Gasteiger partial charge in [0.25, 0.3) is 0 Å². The number of aliphatic hydroxyl groups excluding tert-OH is 3. The zero-order chi connectivity index (χ0) is 24.4. The fourth-order valence-electron chi connectivity index (χ4n) is 11.1. The molecule has 12 atom stereocenters. The van der Waals surface area contributed by atoms with Crippen LogP contribution in [0.25, 0.3) is 0 Å². The van der Waals surface area contributed by atoms with E-state index in [1.165, 1.54) is 18.4 Å². The van der Waals surface area contributed by atoms with Crippen LogP contribution in [0.15, 0.2) is 11.6 Å². The van der Waals surface area contributed by atoms with Crippen molar-refractivity contribution in [2.75, 3.05) is 0 Å². The molecule has 0 heterocycles. The number of hydrogen-bond donors (Lipinski definition) is 3. The minimum Gasteiger partial charge on any atom is -0.393 e. The lowest BCUT2D eigenvalue weighted by atomic mass is 9.32. The van der Waals surface area contributed by atoms with Gasteiger partial charge in [0, 0.05) is 11.3 Å². The molecule has 0 aromatic heterocycles. The average molecular weight is 459 g/mol. The Morgan fingerprint density at radius 3 is 2.15 bits per heavy atom. The van der Waals surface area contributed by atoms with Crippen LogP contribution in [0.1, 0.15) is 100 Å². The van der Waals surface area contributed by atoms with Crippen molar-refractivity contribution in [3.63, 3.8) is 0 Å². The number of fused-ring (bicyclic) bond motifs is 7. The van der Waals surface area contributed by atoms with Crippen LogP contribution in [-0.4, -0.2) is 33.6 Å². The molecule has 0 aliphatic heterocycles. The van der Waals surface area contributed by atoms with Crippen LogP contribution in [0.3, 0.4) is 0 Å². The van der Waals surface area contributed by atoms with Crippen LogP contribution < -0.4 is 0 Å². The van der Waals surface area contributed by atoms with Crippen molar-refractivity contribution in [1.29, 1.82) is 0 Å². The van der Waals surface area contributed by atoms with E-state index in [9.17, 15) is 15.3 Å². The predicted molar refractivity (Wildman–Crippen MR) is 133 cm³/mol. The Morgan fingerprint density at radius 2 is 1.48 bits per heavy atom. The summed E-state index contributed by atoms with van der Waals surface area (Å²) in [7, 11) is 0. The van der Waals surface area contributed by atoms with Crippen LogP contribution in [0, 0.1) is 56.7 Å². The number of rotatable bonds is 0. The number of aliphatic hydroxyl groups is 3. The van der Waals surface area contributed by atoms with Gasteiger partial charge in [0.2, 0.25) is 0 Å². The van der Waals surface area contributed by atoms with E-state index in [2.05, 4.69) is 61.5 Å². The molecule has 0 radical (unpaired) electrons. The number of hydrogen-bond acceptors (Lipinski definition) is 3. The first-order valence-corrected chi connectivity index (χ1v) is 13.9. The SMILES string of the molecule is CC1CCC2(C)CC(O)C3(C)C(=CC(O)C4C5(C)CCC(O)C(C)(C)C5CCC43C)C2C1C. The molecule has 0 amide bonds. The maximum absolute atomic E-state index is 12.0. The summed E-state index contributed by atoms with van der Waals surface area (Å²) in [4.78, 5) is 0. The monoisotopic (exact) mass is 458 g/mol. The van der Waals surface area contributed by atoms with Crippen LogP contribution in [-0.2, 0) is 0 Å². The largest absolute Gasteiger partial charge is 0.393 e. The minimum absolute atomic E-state index is 0.0356. The van der Waals surface area contributed by atoms with Crippen molar-refractivity contribution in [3.8, 4) is 0 Å². The van der Waals surface area contributed by atoms with Crippen LogP contribution in [0.2, 0.25) is 0 Å². The van der Waals surface area contributed by atoms with Crippen molar-refractivity contribution >= 4 is 0 Å². The Hall–Kier alpha value is -0.380. The molecular weight excluding hydrogens is 408 g/mol. The summed E-state index contributed by atoms with van der Waals surface area (Å²) in [6.45, 7) is 18.9. The third kappa shape index (κ3) is 2.80. The molecule has 188 valence electrons. The van der Waals surface area contributed by atoms with E-state index in [0.29, 0.717) is 23.7 Å². The van der Waals surface area contributed by atoms with Gasteiger partial charge in [-0.3, -0.25) is 0 Å². The molecule has 3 heteroatoms. The Bertz CT molecular complexity index is 847. The molecule has 3 nitrogen and oxygen atoms in total. The molecule has 3 N–H and O–H groups in total. The smallest absolute Gasteiger partial charge is 0.0762 e. The second-order valence-electron chi connectivity index (χ2n) is 14.9. The van der Waals surface area contributed by atoms with Gasteiger partial charge < -0.3 is 15.3 Å². The van der Waals surface area contributed by atoms with Gasteiger partial charge in [-0.2, -0.15) is 0 Å². The summed E-state index contributed by atoms with van der Waals surface area (Å²) in [5.41, 5.74) is 0.868. The molecule has 5 aliphatic carbocycles. The van der Waals surface area contributed by atoms with Gasteiger partial charge >= 0.3 is 0 Å². The third-order valence-corrected chi connectivity index (χ3v) is 13.3. The van der Waals surface area contributed by atoms with Gasteiger partial charge in [-0.25, -0.2) is 0 Å². The molecule has 5 rings (SSSR count). The highest BCUT2D eigenvalue weighted by molar-refractivity contribution is 5.37. The Morgan fingerprint density at radius 1 is 0.818 bits per heavy atom. The van der Waals surface area contributed by atoms with Crippen molar-refractivity contribution < 1.29 is 15.3 Å². The van der Waals surface area contributed by atoms with Crippen molar-refractivity contribution in [1.82, 2.24) is 0 Å². The van der Waals surface area contributed by atoms with Crippen molar-refractivity contribution in [3.05, 3.63) is 11.6 Å². The van der Waals surface area contributed by atoms with Gasteiger partial charge in [0.05, 0.1) is 18.3 Å². The van der Waals surface area contributed by atoms with Gasteiger partial charge in [-0.1, -0.05) is 67.0 Å². The molecule has 0 aromatic rings. The minimum atomic E-state index is -0.476. The zero-order valence-electron chi connectivity index (χ0n) is 22.5. The molecule has 5 aliphatic rings. The van der Waals surface area contributed by atoms with Crippen LogP contribution in [0.4, 0.5) is 0 Å². The van der Waals surface area contributed by atoms with Crippen LogP contribution >= 0.6 is 0 Å². The van der Waals surface area contributed by atoms with E-state index >= 15 is 0 Å². The summed E-state index contributed by atoms with van der Waals surface area (Å²) in [5, 5.41) is 34.8. The maximum Gasteiger partial charge on any atom is 0.0762 e. The second-order valence-corrected chi connectivity index (χ2v) is 14.9. The molecule has 4 fully saturated rings. The summed E-state index contributed by atoms with van der Waals surface area (Å²) < 4.78 is 0. The van der Waals surface area contributed by atoms with E-state index in [-0.39, 0.29) is 45.2 Å². The van der Waals surface area contributed by atoms with E-state index in [0.717, 1.165) is 32.1 Å². The standard InChI is InChI=1S/C30H50O3/c1-17-9-12-27(5)16-23(33)30(8)19(24(27)18(17)2)15-20(31)25-28(6)13-11-22(32)26(3,4)21(28)10-14-29(25,30)7/h15,17-18,20-25,31-33H,9-14,16H2,1-8H3. The van der Waals surface area contributed by atoms with Gasteiger partial charge in [-0.05, 0) is 90.3 Å². The van der Waals surface area contributed by atoms with Gasteiger partial charge in [-0.15, -0.1) is 0 Å². The summed E-state index contributed by atoms with van der Waals surface area (Å²) in [6.07, 6.45) is 8.29. The highest BCUT2D eigenvalue weighted by Crippen LogP contribution is 2.75. The topological polar surface area (TPSA) is 60.7 Å². The lowest BCUT2D eigenvalue weighted by Gasteiger charge is -2.73. The highest BCUT2D eigenvalue weighted by Gasteiger charge is 2.71. The normalized spacial score (nSPS) is 60.0. The fourth-order valence-corrected chi connectivity index (χ4v) is 11.1. The van der Waals surface area contributed by atoms with Gasteiger partial charge in [0.15, 0.2) is 0 Å². The first-order chi connectivity index (χ1) is 15.1. The summed E-state index contributed by atoms with van der Waals surface area (Å²) in [6, 6.07) is 0. The summed E-state index contributed by atoms with van der Waals surface area (Å²) >= 11 is 0. The molecule has 0 spiro atoms. The second kappa shape index (κ2) is 7.10. The first-order valence-electron chi connectivity index (χ1n) is 13.9. The van der Waals surface area contributed by atoms with Gasteiger partial charge in [0.1, 0.15) is 0 Å².